The smallest absolute Gasteiger partial charge is 0.237 e. The summed E-state index contributed by atoms with van der Waals surface area (Å²) in [6, 6.07) is 1.87. The van der Waals surface area contributed by atoms with Gasteiger partial charge in [0, 0.05) is 13.1 Å². The van der Waals surface area contributed by atoms with Gasteiger partial charge < -0.3 is 5.32 Å². The van der Waals surface area contributed by atoms with E-state index in [4.69, 9.17) is 5.26 Å². The third-order valence-electron chi connectivity index (χ3n) is 2.44. The molecule has 2 unspecified atom stereocenters. The van der Waals surface area contributed by atoms with Crippen LogP contribution in [0, 0.1) is 11.3 Å². The molecule has 1 N–H and O–H groups in total. The molecule has 0 aromatic rings. The van der Waals surface area contributed by atoms with Gasteiger partial charge in [0.2, 0.25) is 5.91 Å². The van der Waals surface area contributed by atoms with E-state index in [-0.39, 0.29) is 18.0 Å². The summed E-state index contributed by atoms with van der Waals surface area (Å²) in [6.45, 7) is 5.23. The maximum absolute atomic E-state index is 11.4. The predicted molar refractivity (Wildman–Crippen MR) is 48.9 cm³/mol. The van der Waals surface area contributed by atoms with Gasteiger partial charge in [0.15, 0.2) is 0 Å². The topological polar surface area (TPSA) is 56.1 Å². The van der Waals surface area contributed by atoms with Gasteiger partial charge in [0.25, 0.3) is 0 Å². The minimum absolute atomic E-state index is 0.0517. The van der Waals surface area contributed by atoms with Crippen LogP contribution in [0.3, 0.4) is 0 Å². The molecule has 1 aliphatic rings. The number of carbonyl (C=O) groups is 1. The highest BCUT2D eigenvalue weighted by atomic mass is 16.2. The Hall–Kier alpha value is -1.08. The van der Waals surface area contributed by atoms with Gasteiger partial charge in [-0.3, -0.25) is 9.69 Å². The van der Waals surface area contributed by atoms with Crippen LogP contribution in [-0.2, 0) is 4.79 Å². The van der Waals surface area contributed by atoms with Crippen molar-refractivity contribution in [2.75, 3.05) is 13.1 Å². The van der Waals surface area contributed by atoms with Crippen LogP contribution in [0.1, 0.15) is 20.3 Å². The Morgan fingerprint density at radius 1 is 1.85 bits per heavy atom. The van der Waals surface area contributed by atoms with E-state index >= 15 is 0 Å². The van der Waals surface area contributed by atoms with Crippen molar-refractivity contribution in [2.45, 2.75) is 32.4 Å². The second-order valence-corrected chi connectivity index (χ2v) is 3.26. The van der Waals surface area contributed by atoms with E-state index in [2.05, 4.69) is 11.4 Å². The van der Waals surface area contributed by atoms with E-state index in [0.717, 1.165) is 13.0 Å². The quantitative estimate of drug-likeness (QED) is 0.657. The molecule has 0 radical (unpaired) electrons. The SMILES string of the molecule is CCC1C(=O)NCCN1C(C)C#N. The lowest BCUT2D eigenvalue weighted by molar-refractivity contribution is -0.129. The molecule has 0 saturated carbocycles. The fraction of sp³-hybridized carbons (Fsp3) is 0.778. The van der Waals surface area contributed by atoms with Crippen molar-refractivity contribution in [3.05, 3.63) is 0 Å². The number of carbonyl (C=O) groups excluding carboxylic acids is 1. The number of rotatable bonds is 2. The first-order chi connectivity index (χ1) is 6.20. The molecule has 0 bridgehead atoms. The molecule has 0 aromatic carbocycles. The summed E-state index contributed by atoms with van der Waals surface area (Å²) in [4.78, 5) is 13.4. The molecule has 13 heavy (non-hydrogen) atoms. The van der Waals surface area contributed by atoms with E-state index in [0.29, 0.717) is 6.54 Å². The number of amides is 1. The first kappa shape index (κ1) is 10.0. The standard InChI is InChI=1S/C9H15N3O/c1-3-8-9(13)11-4-5-12(8)7(2)6-10/h7-8H,3-5H2,1-2H3,(H,11,13). The molecule has 72 valence electrons. The molecule has 4 heteroatoms. The highest BCUT2D eigenvalue weighted by Crippen LogP contribution is 2.11. The Kier molecular flexibility index (Phi) is 3.26. The minimum Gasteiger partial charge on any atom is -0.353 e. The van der Waals surface area contributed by atoms with Crippen molar-refractivity contribution in [1.82, 2.24) is 10.2 Å². The summed E-state index contributed by atoms with van der Waals surface area (Å²) < 4.78 is 0. The first-order valence-electron chi connectivity index (χ1n) is 4.63. The van der Waals surface area contributed by atoms with Crippen molar-refractivity contribution in [2.24, 2.45) is 0 Å². The first-order valence-corrected chi connectivity index (χ1v) is 4.63. The van der Waals surface area contributed by atoms with E-state index in [1.165, 1.54) is 0 Å². The van der Waals surface area contributed by atoms with Gasteiger partial charge in [-0.2, -0.15) is 5.26 Å². The highest BCUT2D eigenvalue weighted by Gasteiger charge is 2.30. The molecule has 0 aromatic heterocycles. The zero-order valence-corrected chi connectivity index (χ0v) is 8.08. The van der Waals surface area contributed by atoms with Crippen molar-refractivity contribution in [1.29, 1.82) is 5.26 Å². The van der Waals surface area contributed by atoms with Crippen LogP contribution in [0.25, 0.3) is 0 Å². The maximum atomic E-state index is 11.4. The summed E-state index contributed by atoms with van der Waals surface area (Å²) >= 11 is 0. The number of nitrogens with zero attached hydrogens (tertiary/aromatic N) is 2. The summed E-state index contributed by atoms with van der Waals surface area (Å²) in [5.41, 5.74) is 0. The molecule has 1 aliphatic heterocycles. The lowest BCUT2D eigenvalue weighted by Crippen LogP contribution is -2.57. The Balaban J connectivity index is 2.71. The Morgan fingerprint density at radius 2 is 2.54 bits per heavy atom. The monoisotopic (exact) mass is 181 g/mol. The normalized spacial score (nSPS) is 26.2. The highest BCUT2D eigenvalue weighted by molar-refractivity contribution is 5.82. The molecule has 1 fully saturated rings. The summed E-state index contributed by atoms with van der Waals surface area (Å²) in [7, 11) is 0. The lowest BCUT2D eigenvalue weighted by Gasteiger charge is -2.35. The second-order valence-electron chi connectivity index (χ2n) is 3.26. The lowest BCUT2D eigenvalue weighted by atomic mass is 10.1. The van der Waals surface area contributed by atoms with E-state index in [9.17, 15) is 4.79 Å². The van der Waals surface area contributed by atoms with Gasteiger partial charge >= 0.3 is 0 Å². The molecular formula is C9H15N3O. The van der Waals surface area contributed by atoms with E-state index in [1.807, 2.05) is 18.7 Å². The number of nitriles is 1. The number of hydrogen-bond donors (Lipinski definition) is 1. The predicted octanol–water partition coefficient (Wildman–Crippen LogP) is 0.109. The molecule has 1 rings (SSSR count). The minimum atomic E-state index is -0.170. The molecule has 1 heterocycles. The third-order valence-corrected chi connectivity index (χ3v) is 2.44. The van der Waals surface area contributed by atoms with Crippen LogP contribution in [0.15, 0.2) is 0 Å². The van der Waals surface area contributed by atoms with Crippen molar-refractivity contribution >= 4 is 5.91 Å². The van der Waals surface area contributed by atoms with Crippen molar-refractivity contribution in [3.63, 3.8) is 0 Å². The van der Waals surface area contributed by atoms with Gasteiger partial charge in [-0.25, -0.2) is 0 Å². The molecule has 1 saturated heterocycles. The van der Waals surface area contributed by atoms with Gasteiger partial charge in [0.05, 0.1) is 18.2 Å². The number of piperazine rings is 1. The zero-order chi connectivity index (χ0) is 9.84. The molecular weight excluding hydrogens is 166 g/mol. The van der Waals surface area contributed by atoms with E-state index in [1.54, 1.807) is 0 Å². The second kappa shape index (κ2) is 4.24. The van der Waals surface area contributed by atoms with Crippen LogP contribution >= 0.6 is 0 Å². The maximum Gasteiger partial charge on any atom is 0.237 e. The van der Waals surface area contributed by atoms with Crippen molar-refractivity contribution < 1.29 is 4.79 Å². The van der Waals surface area contributed by atoms with Crippen LogP contribution in [0.5, 0.6) is 0 Å². The fourth-order valence-corrected chi connectivity index (χ4v) is 1.69. The summed E-state index contributed by atoms with van der Waals surface area (Å²) in [5, 5.41) is 11.6. The Labute approximate surface area is 78.5 Å². The van der Waals surface area contributed by atoms with Crippen molar-refractivity contribution in [3.8, 4) is 6.07 Å². The molecule has 1 amide bonds. The largest absolute Gasteiger partial charge is 0.353 e. The number of nitrogens with one attached hydrogen (secondary N) is 1. The van der Waals surface area contributed by atoms with Crippen LogP contribution in [0.2, 0.25) is 0 Å². The van der Waals surface area contributed by atoms with Gasteiger partial charge in [-0.05, 0) is 13.3 Å². The summed E-state index contributed by atoms with van der Waals surface area (Å²) in [6.07, 6.45) is 0.762. The fourth-order valence-electron chi connectivity index (χ4n) is 1.69. The molecule has 0 spiro atoms. The average molecular weight is 181 g/mol. The number of hydrogen-bond acceptors (Lipinski definition) is 3. The van der Waals surface area contributed by atoms with Gasteiger partial charge in [-0.1, -0.05) is 6.92 Å². The average Bonchev–Trinajstić information content (AvgIpc) is 2.16. The van der Waals surface area contributed by atoms with E-state index < -0.39 is 0 Å². The van der Waals surface area contributed by atoms with Gasteiger partial charge in [-0.15, -0.1) is 0 Å². The van der Waals surface area contributed by atoms with Crippen LogP contribution < -0.4 is 5.32 Å². The van der Waals surface area contributed by atoms with Crippen LogP contribution in [-0.4, -0.2) is 36.0 Å². The van der Waals surface area contributed by atoms with Crippen LogP contribution in [0.4, 0.5) is 0 Å². The van der Waals surface area contributed by atoms with Gasteiger partial charge in [0.1, 0.15) is 0 Å². The third kappa shape index (κ3) is 1.99. The Bertz CT molecular complexity index is 234. The molecule has 0 aliphatic carbocycles. The Morgan fingerprint density at radius 3 is 3.08 bits per heavy atom. The summed E-state index contributed by atoms with van der Waals surface area (Å²) in [5.74, 6) is 0.0517. The molecule has 2 atom stereocenters. The zero-order valence-electron chi connectivity index (χ0n) is 8.08. The molecule has 4 nitrogen and oxygen atoms in total.